The lowest BCUT2D eigenvalue weighted by Gasteiger charge is -2.12. The summed E-state index contributed by atoms with van der Waals surface area (Å²) in [6.07, 6.45) is 5.46. The minimum Gasteiger partial charge on any atom is -0.376 e. The molecule has 1 aromatic rings. The van der Waals surface area contributed by atoms with Crippen LogP contribution in [0.1, 0.15) is 49.8 Å². The number of nitrogens with zero attached hydrogens (tertiary/aromatic N) is 2. The fourth-order valence-electron chi connectivity index (χ4n) is 3.07. The van der Waals surface area contributed by atoms with Gasteiger partial charge in [-0.15, -0.1) is 0 Å². The zero-order valence-corrected chi connectivity index (χ0v) is 15.4. The maximum atomic E-state index is 5.78. The van der Waals surface area contributed by atoms with E-state index in [4.69, 9.17) is 10.6 Å². The first-order valence-corrected chi connectivity index (χ1v) is 8.99. The Labute approximate surface area is 150 Å². The van der Waals surface area contributed by atoms with Gasteiger partial charge < -0.3 is 10.6 Å². The molecule has 0 amide bonds. The fourth-order valence-corrected chi connectivity index (χ4v) is 3.07. The van der Waals surface area contributed by atoms with E-state index >= 15 is 0 Å². The first-order valence-electron chi connectivity index (χ1n) is 8.99. The molecule has 0 spiro atoms. The topological polar surface area (TPSA) is 60.0 Å². The van der Waals surface area contributed by atoms with Gasteiger partial charge in [-0.1, -0.05) is 31.8 Å². The molecule has 1 saturated heterocycles. The van der Waals surface area contributed by atoms with Crippen molar-refractivity contribution in [2.24, 2.45) is 27.3 Å². The number of hydrogen-bond donors (Lipinski definition) is 1. The van der Waals surface area contributed by atoms with Gasteiger partial charge in [-0.05, 0) is 49.3 Å². The van der Waals surface area contributed by atoms with Gasteiger partial charge in [-0.2, -0.15) is 5.10 Å². The van der Waals surface area contributed by atoms with Gasteiger partial charge in [0.25, 0.3) is 0 Å². The molecule has 2 aliphatic rings. The Morgan fingerprint density at radius 1 is 1.40 bits per heavy atom. The Morgan fingerprint density at radius 3 is 2.80 bits per heavy atom. The van der Waals surface area contributed by atoms with Crippen LogP contribution in [-0.2, 0) is 4.74 Å². The Bertz CT molecular complexity index is 748. The lowest BCUT2D eigenvalue weighted by molar-refractivity contribution is 0.105. The fraction of sp³-hybridized carbons (Fsp3) is 0.524. The molecular weight excluding hydrogens is 310 g/mol. The number of hydrogen-bond acceptors (Lipinski definition) is 4. The summed E-state index contributed by atoms with van der Waals surface area (Å²) >= 11 is 0. The molecule has 1 aromatic carbocycles. The molecule has 4 nitrogen and oxygen atoms in total. The lowest BCUT2D eigenvalue weighted by atomic mass is 9.91. The summed E-state index contributed by atoms with van der Waals surface area (Å²) in [5, 5.41) is 3.92. The summed E-state index contributed by atoms with van der Waals surface area (Å²) in [6, 6.07) is 6.14. The maximum absolute atomic E-state index is 5.78. The molecule has 1 aliphatic carbocycles. The third kappa shape index (κ3) is 4.93. The lowest BCUT2D eigenvalue weighted by Crippen LogP contribution is -2.14. The molecule has 0 aromatic heterocycles. The highest BCUT2D eigenvalue weighted by Gasteiger charge is 2.31. The van der Waals surface area contributed by atoms with E-state index in [1.807, 2.05) is 12.1 Å². The first kappa shape index (κ1) is 17.7. The predicted octanol–water partition coefficient (Wildman–Crippen LogP) is 3.31. The second kappa shape index (κ2) is 7.41. The zero-order valence-electron chi connectivity index (χ0n) is 15.4. The van der Waals surface area contributed by atoms with Crippen molar-refractivity contribution in [1.82, 2.24) is 0 Å². The summed E-state index contributed by atoms with van der Waals surface area (Å²) in [4.78, 5) is 4.51. The Balaban J connectivity index is 1.64. The third-order valence-corrected chi connectivity index (χ3v) is 4.65. The molecule has 0 radical (unpaired) electrons. The monoisotopic (exact) mass is 337 g/mol. The number of hydrazone groups is 1. The normalized spacial score (nSPS) is 22.8. The van der Waals surface area contributed by atoms with Crippen LogP contribution in [0.4, 0.5) is 0 Å². The highest BCUT2D eigenvalue weighted by Crippen LogP contribution is 2.31. The Hall–Kier alpha value is -2.12. The van der Waals surface area contributed by atoms with Crippen LogP contribution in [0, 0.1) is 30.1 Å². The molecule has 4 heteroatoms. The molecule has 1 saturated carbocycles. The number of rotatable bonds is 4. The highest BCUT2D eigenvalue weighted by atomic mass is 16.5. The van der Waals surface area contributed by atoms with Crippen LogP contribution in [-0.4, -0.2) is 31.2 Å². The van der Waals surface area contributed by atoms with Crippen LogP contribution in [0.25, 0.3) is 0 Å². The number of nitrogens with two attached hydrogens (primary N) is 1. The summed E-state index contributed by atoms with van der Waals surface area (Å²) < 4.78 is 5.78. The van der Waals surface area contributed by atoms with Crippen molar-refractivity contribution in [2.75, 3.05) is 13.2 Å². The summed E-state index contributed by atoms with van der Waals surface area (Å²) in [7, 11) is 0. The first-order chi connectivity index (χ1) is 12.0. The molecule has 0 bridgehead atoms. The zero-order chi connectivity index (χ0) is 17.9. The standard InChI is InChI=1S/C21H27N3O/c1-15-10-17(7-6-16-4-5-16)8-9-19(15)20(24-22)13-23-12-18-11-21(2,3)14-25-18/h8-10,13,16,18H,4-5,11-12,14,22H2,1-3H3/b23-13?,24-20+. The van der Waals surface area contributed by atoms with Crippen molar-refractivity contribution >= 4 is 11.9 Å². The number of benzene rings is 1. The Kier molecular flexibility index (Phi) is 5.24. The molecule has 2 N–H and O–H groups in total. The second-order valence-electron chi connectivity index (χ2n) is 7.88. The minimum absolute atomic E-state index is 0.187. The van der Waals surface area contributed by atoms with Crippen molar-refractivity contribution < 1.29 is 4.74 Å². The van der Waals surface area contributed by atoms with E-state index in [0.29, 0.717) is 18.2 Å². The van der Waals surface area contributed by atoms with E-state index in [0.717, 1.165) is 29.7 Å². The quantitative estimate of drug-likeness (QED) is 0.397. The molecule has 1 heterocycles. The third-order valence-electron chi connectivity index (χ3n) is 4.65. The number of ether oxygens (including phenoxy) is 1. The van der Waals surface area contributed by atoms with Crippen molar-refractivity contribution in [3.05, 3.63) is 34.9 Å². The van der Waals surface area contributed by atoms with Gasteiger partial charge in [0.2, 0.25) is 0 Å². The van der Waals surface area contributed by atoms with E-state index < -0.39 is 0 Å². The van der Waals surface area contributed by atoms with E-state index in [1.165, 1.54) is 12.8 Å². The van der Waals surface area contributed by atoms with Crippen LogP contribution in [0.5, 0.6) is 0 Å². The molecule has 2 fully saturated rings. The highest BCUT2D eigenvalue weighted by molar-refractivity contribution is 6.38. The molecule has 1 aliphatic heterocycles. The van der Waals surface area contributed by atoms with E-state index in [2.05, 4.69) is 48.8 Å². The van der Waals surface area contributed by atoms with Gasteiger partial charge in [-0.25, -0.2) is 0 Å². The summed E-state index contributed by atoms with van der Waals surface area (Å²) in [5.41, 5.74) is 4.09. The van der Waals surface area contributed by atoms with Crippen molar-refractivity contribution in [3.63, 3.8) is 0 Å². The average Bonchev–Trinajstić information content (AvgIpc) is 3.33. The van der Waals surface area contributed by atoms with Gasteiger partial charge in [0.1, 0.15) is 5.71 Å². The number of aliphatic imine (C=N–C) groups is 1. The van der Waals surface area contributed by atoms with Crippen LogP contribution in [0.3, 0.4) is 0 Å². The second-order valence-corrected chi connectivity index (χ2v) is 7.88. The predicted molar refractivity (Wildman–Crippen MR) is 103 cm³/mol. The SMILES string of the molecule is Cc1cc(C#CC2CC2)ccc1/C(C=NCC1CC(C)(C)CO1)=N/N. The molecular formula is C21H27N3O. The molecule has 3 rings (SSSR count). The van der Waals surface area contributed by atoms with Gasteiger partial charge >= 0.3 is 0 Å². The van der Waals surface area contributed by atoms with Gasteiger partial charge in [-0.3, -0.25) is 4.99 Å². The van der Waals surface area contributed by atoms with Gasteiger partial charge in [0, 0.05) is 23.3 Å². The molecule has 1 unspecified atom stereocenters. The van der Waals surface area contributed by atoms with Crippen LogP contribution >= 0.6 is 0 Å². The summed E-state index contributed by atoms with van der Waals surface area (Å²) in [6.45, 7) is 7.94. The van der Waals surface area contributed by atoms with Crippen molar-refractivity contribution in [1.29, 1.82) is 0 Å². The largest absolute Gasteiger partial charge is 0.376 e. The molecule has 25 heavy (non-hydrogen) atoms. The smallest absolute Gasteiger partial charge is 0.108 e. The van der Waals surface area contributed by atoms with Crippen LogP contribution < -0.4 is 5.84 Å². The van der Waals surface area contributed by atoms with E-state index in [9.17, 15) is 0 Å². The Morgan fingerprint density at radius 2 is 2.20 bits per heavy atom. The van der Waals surface area contributed by atoms with Crippen LogP contribution in [0.15, 0.2) is 28.3 Å². The molecule has 1 atom stereocenters. The van der Waals surface area contributed by atoms with Gasteiger partial charge in [0.05, 0.1) is 19.3 Å². The molecule has 132 valence electrons. The minimum atomic E-state index is 0.187. The van der Waals surface area contributed by atoms with E-state index in [1.54, 1.807) is 6.21 Å². The van der Waals surface area contributed by atoms with Crippen molar-refractivity contribution in [3.8, 4) is 11.8 Å². The average molecular weight is 337 g/mol. The summed E-state index contributed by atoms with van der Waals surface area (Å²) in [5.74, 6) is 12.7. The maximum Gasteiger partial charge on any atom is 0.108 e. The van der Waals surface area contributed by atoms with E-state index in [-0.39, 0.29) is 11.5 Å². The van der Waals surface area contributed by atoms with Crippen molar-refractivity contribution in [2.45, 2.75) is 46.1 Å². The van der Waals surface area contributed by atoms with Gasteiger partial charge in [0.15, 0.2) is 0 Å². The van der Waals surface area contributed by atoms with Crippen LogP contribution in [0.2, 0.25) is 0 Å². The number of aryl methyl sites for hydroxylation is 1.